The molecule has 2 aromatic rings. The van der Waals surface area contributed by atoms with E-state index in [-0.39, 0.29) is 17.2 Å². The van der Waals surface area contributed by atoms with E-state index < -0.39 is 11.8 Å². The largest absolute Gasteiger partial charge is 0.493 e. The van der Waals surface area contributed by atoms with Crippen LogP contribution in [0.3, 0.4) is 0 Å². The van der Waals surface area contributed by atoms with Gasteiger partial charge in [-0.05, 0) is 47.1 Å². The second-order valence-electron chi connectivity index (χ2n) is 6.18. The Labute approximate surface area is 174 Å². The monoisotopic (exact) mass is 408 g/mol. The minimum absolute atomic E-state index is 0.00776. The molecule has 7 heteroatoms. The molecule has 1 saturated heterocycles. The van der Waals surface area contributed by atoms with E-state index in [1.165, 1.54) is 4.90 Å². The van der Waals surface area contributed by atoms with Gasteiger partial charge in [-0.2, -0.15) is 0 Å². The van der Waals surface area contributed by atoms with E-state index in [0.29, 0.717) is 17.1 Å². The van der Waals surface area contributed by atoms with Crippen molar-refractivity contribution in [3.63, 3.8) is 0 Å². The highest BCUT2D eigenvalue weighted by molar-refractivity contribution is 7.80. The van der Waals surface area contributed by atoms with Crippen molar-refractivity contribution in [1.82, 2.24) is 10.2 Å². The Balaban J connectivity index is 2.07. The third-order valence-electron chi connectivity index (χ3n) is 4.45. The van der Waals surface area contributed by atoms with Gasteiger partial charge in [-0.3, -0.25) is 19.8 Å². The second-order valence-corrected chi connectivity index (χ2v) is 6.57. The summed E-state index contributed by atoms with van der Waals surface area (Å²) in [7, 11) is 3.14. The Hall–Kier alpha value is -3.45. The average molecular weight is 408 g/mol. The van der Waals surface area contributed by atoms with Crippen molar-refractivity contribution in [3.05, 3.63) is 66.3 Å². The van der Waals surface area contributed by atoms with Crippen molar-refractivity contribution in [3.8, 4) is 22.6 Å². The molecule has 1 aliphatic heterocycles. The maximum absolute atomic E-state index is 12.8. The highest BCUT2D eigenvalue weighted by atomic mass is 32.1. The van der Waals surface area contributed by atoms with Crippen LogP contribution in [0.5, 0.6) is 11.5 Å². The standard InChI is InChI=1S/C22H20N2O4S/c1-4-11-24-21(26)17(20(25)23-22(24)29)12-14-7-5-6-8-16(14)15-9-10-18(27-2)19(13-15)28-3/h4-10,12-13H,1,11H2,2-3H3,(H,23,25,29)/b17-12+. The lowest BCUT2D eigenvalue weighted by molar-refractivity contribution is -0.128. The normalized spacial score (nSPS) is 15.3. The smallest absolute Gasteiger partial charge is 0.265 e. The molecule has 0 aromatic heterocycles. The first kappa shape index (κ1) is 20.3. The number of carbonyl (C=O) groups is 2. The minimum atomic E-state index is -0.526. The third kappa shape index (κ3) is 4.05. The van der Waals surface area contributed by atoms with E-state index in [1.807, 2.05) is 36.4 Å². The molecule has 1 heterocycles. The molecule has 0 spiro atoms. The molecule has 0 atom stereocenters. The Morgan fingerprint density at radius 2 is 1.83 bits per heavy atom. The van der Waals surface area contributed by atoms with Crippen molar-refractivity contribution in [2.75, 3.05) is 20.8 Å². The number of thiocarbonyl (C=S) groups is 1. The lowest BCUT2D eigenvalue weighted by Crippen LogP contribution is -2.53. The minimum Gasteiger partial charge on any atom is -0.493 e. The van der Waals surface area contributed by atoms with Crippen LogP contribution >= 0.6 is 12.2 Å². The van der Waals surface area contributed by atoms with Gasteiger partial charge >= 0.3 is 0 Å². The van der Waals surface area contributed by atoms with Crippen LogP contribution < -0.4 is 14.8 Å². The molecule has 0 unspecified atom stereocenters. The second kappa shape index (κ2) is 8.70. The van der Waals surface area contributed by atoms with Crippen molar-refractivity contribution in [1.29, 1.82) is 0 Å². The highest BCUT2D eigenvalue weighted by Gasteiger charge is 2.32. The fraction of sp³-hybridized carbons (Fsp3) is 0.136. The average Bonchev–Trinajstić information content (AvgIpc) is 2.74. The fourth-order valence-electron chi connectivity index (χ4n) is 3.03. The number of rotatable bonds is 6. The molecule has 3 rings (SSSR count). The summed E-state index contributed by atoms with van der Waals surface area (Å²) in [6.07, 6.45) is 3.12. The first-order chi connectivity index (χ1) is 14.0. The van der Waals surface area contributed by atoms with Gasteiger partial charge in [0.15, 0.2) is 16.6 Å². The molecule has 2 amide bonds. The van der Waals surface area contributed by atoms with Gasteiger partial charge in [-0.25, -0.2) is 0 Å². The molecule has 29 heavy (non-hydrogen) atoms. The molecular weight excluding hydrogens is 388 g/mol. The summed E-state index contributed by atoms with van der Waals surface area (Å²) in [6, 6.07) is 13.0. The van der Waals surface area contributed by atoms with Crippen molar-refractivity contribution in [2.24, 2.45) is 0 Å². The molecule has 1 aliphatic rings. The Morgan fingerprint density at radius 1 is 1.10 bits per heavy atom. The van der Waals surface area contributed by atoms with Gasteiger partial charge in [0.1, 0.15) is 5.57 Å². The lowest BCUT2D eigenvalue weighted by atomic mass is 9.97. The van der Waals surface area contributed by atoms with Gasteiger partial charge in [0.2, 0.25) is 0 Å². The van der Waals surface area contributed by atoms with E-state index in [0.717, 1.165) is 11.1 Å². The summed E-state index contributed by atoms with van der Waals surface area (Å²) in [5.41, 5.74) is 2.42. The Morgan fingerprint density at radius 3 is 2.52 bits per heavy atom. The first-order valence-electron chi connectivity index (χ1n) is 8.81. The van der Waals surface area contributed by atoms with Crippen LogP contribution in [0.1, 0.15) is 5.56 Å². The Kier molecular flexibility index (Phi) is 6.09. The summed E-state index contributed by atoms with van der Waals surface area (Å²) in [4.78, 5) is 26.5. The first-order valence-corrected chi connectivity index (χ1v) is 9.22. The zero-order valence-corrected chi connectivity index (χ0v) is 16.9. The van der Waals surface area contributed by atoms with Crippen LogP contribution in [0.15, 0.2) is 60.7 Å². The molecule has 0 aliphatic carbocycles. The van der Waals surface area contributed by atoms with Crippen LogP contribution in [0.2, 0.25) is 0 Å². The zero-order chi connectivity index (χ0) is 21.0. The van der Waals surface area contributed by atoms with Gasteiger partial charge in [0, 0.05) is 6.54 Å². The van der Waals surface area contributed by atoms with E-state index in [2.05, 4.69) is 11.9 Å². The predicted octanol–water partition coefficient (Wildman–Crippen LogP) is 3.18. The molecule has 6 nitrogen and oxygen atoms in total. The molecule has 148 valence electrons. The highest BCUT2D eigenvalue weighted by Crippen LogP contribution is 2.34. The maximum atomic E-state index is 12.8. The van der Waals surface area contributed by atoms with Crippen LogP contribution in [0.25, 0.3) is 17.2 Å². The topological polar surface area (TPSA) is 67.9 Å². The van der Waals surface area contributed by atoms with E-state index >= 15 is 0 Å². The fourth-order valence-corrected chi connectivity index (χ4v) is 3.28. The van der Waals surface area contributed by atoms with E-state index in [1.54, 1.807) is 32.4 Å². The number of methoxy groups -OCH3 is 2. The Bertz CT molecular complexity index is 1030. The number of hydrogen-bond donors (Lipinski definition) is 1. The number of hydrogen-bond acceptors (Lipinski definition) is 5. The van der Waals surface area contributed by atoms with Crippen LogP contribution in [0, 0.1) is 0 Å². The number of carbonyl (C=O) groups excluding carboxylic acids is 2. The van der Waals surface area contributed by atoms with Crippen LogP contribution in [-0.4, -0.2) is 42.6 Å². The summed E-state index contributed by atoms with van der Waals surface area (Å²) in [6.45, 7) is 3.84. The van der Waals surface area contributed by atoms with Gasteiger partial charge in [-0.1, -0.05) is 36.4 Å². The quantitative estimate of drug-likeness (QED) is 0.344. The predicted molar refractivity (Wildman–Crippen MR) is 116 cm³/mol. The van der Waals surface area contributed by atoms with Crippen molar-refractivity contribution >= 4 is 35.2 Å². The third-order valence-corrected chi connectivity index (χ3v) is 4.78. The summed E-state index contributed by atoms with van der Waals surface area (Å²) in [5, 5.41) is 2.63. The summed E-state index contributed by atoms with van der Waals surface area (Å²) < 4.78 is 10.7. The van der Waals surface area contributed by atoms with E-state index in [9.17, 15) is 9.59 Å². The van der Waals surface area contributed by atoms with Crippen molar-refractivity contribution in [2.45, 2.75) is 0 Å². The lowest BCUT2D eigenvalue weighted by Gasteiger charge is -2.27. The van der Waals surface area contributed by atoms with Crippen LogP contribution in [0.4, 0.5) is 0 Å². The van der Waals surface area contributed by atoms with Gasteiger partial charge in [-0.15, -0.1) is 6.58 Å². The summed E-state index contributed by atoms with van der Waals surface area (Å²) in [5.74, 6) is 0.215. The zero-order valence-electron chi connectivity index (χ0n) is 16.1. The molecule has 1 N–H and O–H groups in total. The molecule has 2 aromatic carbocycles. The number of nitrogens with zero attached hydrogens (tertiary/aromatic N) is 1. The molecule has 0 radical (unpaired) electrons. The molecule has 1 fully saturated rings. The van der Waals surface area contributed by atoms with E-state index in [4.69, 9.17) is 21.7 Å². The van der Waals surface area contributed by atoms with Crippen LogP contribution in [-0.2, 0) is 9.59 Å². The summed E-state index contributed by atoms with van der Waals surface area (Å²) >= 11 is 5.09. The molecule has 0 bridgehead atoms. The molecule has 0 saturated carbocycles. The van der Waals surface area contributed by atoms with Crippen molar-refractivity contribution < 1.29 is 19.1 Å². The molecular formula is C22H20N2O4S. The number of amides is 2. The van der Waals surface area contributed by atoms with Gasteiger partial charge in [0.05, 0.1) is 14.2 Å². The van der Waals surface area contributed by atoms with Gasteiger partial charge in [0.25, 0.3) is 11.8 Å². The maximum Gasteiger partial charge on any atom is 0.265 e. The number of benzene rings is 2. The SMILES string of the molecule is C=CCN1C(=O)/C(=C/c2ccccc2-c2ccc(OC)c(OC)c2)C(=O)NC1=S. The number of ether oxygens (including phenoxy) is 2. The van der Waals surface area contributed by atoms with Gasteiger partial charge < -0.3 is 9.47 Å². The number of nitrogens with one attached hydrogen (secondary N) is 1.